The van der Waals surface area contributed by atoms with Gasteiger partial charge in [0.25, 0.3) is 0 Å². The summed E-state index contributed by atoms with van der Waals surface area (Å²) in [5.74, 6) is 4.94. The lowest BCUT2D eigenvalue weighted by Crippen LogP contribution is -2.02. The Morgan fingerprint density at radius 2 is 2.13 bits per heavy atom. The highest BCUT2D eigenvalue weighted by Crippen LogP contribution is 2.37. The molecule has 0 bridgehead atoms. The fourth-order valence-corrected chi connectivity index (χ4v) is 4.14. The second kappa shape index (κ2) is 3.71. The zero-order valence-electron chi connectivity index (χ0n) is 7.60. The lowest BCUT2D eigenvalue weighted by atomic mass is 10.1. The summed E-state index contributed by atoms with van der Waals surface area (Å²) in [6.45, 7) is 0.0860. The van der Waals surface area contributed by atoms with Crippen LogP contribution in [-0.2, 0) is 14.7 Å². The molecule has 80 valence electrons. The van der Waals surface area contributed by atoms with Gasteiger partial charge in [-0.25, -0.2) is 14.3 Å². The lowest BCUT2D eigenvalue weighted by Gasteiger charge is -2.03. The van der Waals surface area contributed by atoms with Crippen molar-refractivity contribution in [2.75, 3.05) is 6.61 Å². The van der Waals surface area contributed by atoms with E-state index in [4.69, 9.17) is 5.90 Å². The average Bonchev–Trinajstić information content (AvgIpc) is 2.40. The molecule has 4 nitrogen and oxygen atoms in total. The third-order valence-corrected chi connectivity index (χ3v) is 4.66. The van der Waals surface area contributed by atoms with Gasteiger partial charge >= 0.3 is 0 Å². The molecular formula is C9H8BrNO3S. The van der Waals surface area contributed by atoms with Gasteiger partial charge in [0, 0.05) is 15.4 Å². The summed E-state index contributed by atoms with van der Waals surface area (Å²) in [6, 6.07) is 5.19. The van der Waals surface area contributed by atoms with Gasteiger partial charge in [0.05, 0.1) is 11.5 Å². The van der Waals surface area contributed by atoms with Crippen LogP contribution in [0, 0.1) is 0 Å². The Labute approximate surface area is 95.7 Å². The van der Waals surface area contributed by atoms with Gasteiger partial charge in [-0.1, -0.05) is 12.1 Å². The quantitative estimate of drug-likeness (QED) is 0.837. The number of rotatable bonds is 2. The molecule has 0 spiro atoms. The van der Waals surface area contributed by atoms with E-state index in [1.165, 1.54) is 5.41 Å². The molecule has 0 unspecified atom stereocenters. The number of halogens is 1. The van der Waals surface area contributed by atoms with Crippen molar-refractivity contribution < 1.29 is 13.3 Å². The van der Waals surface area contributed by atoms with E-state index in [9.17, 15) is 8.42 Å². The summed E-state index contributed by atoms with van der Waals surface area (Å²) in [5, 5.41) is 1.19. The van der Waals surface area contributed by atoms with Crippen molar-refractivity contribution in [3.05, 3.63) is 33.6 Å². The number of fused-ring (bicyclic) bond motifs is 1. The smallest absolute Gasteiger partial charge is 0.201 e. The van der Waals surface area contributed by atoms with Crippen LogP contribution in [0.2, 0.25) is 0 Å². The monoisotopic (exact) mass is 289 g/mol. The molecule has 2 rings (SSSR count). The van der Waals surface area contributed by atoms with Gasteiger partial charge in [0.1, 0.15) is 0 Å². The number of sulfone groups is 1. The van der Waals surface area contributed by atoms with Crippen molar-refractivity contribution in [3.8, 4) is 0 Å². The first-order valence-electron chi connectivity index (χ1n) is 4.12. The van der Waals surface area contributed by atoms with Crippen molar-refractivity contribution in [2.45, 2.75) is 4.90 Å². The van der Waals surface area contributed by atoms with Crippen LogP contribution in [-0.4, -0.2) is 15.0 Å². The molecule has 0 amide bonds. The summed E-state index contributed by atoms with van der Waals surface area (Å²) in [4.78, 5) is 4.76. The van der Waals surface area contributed by atoms with Gasteiger partial charge in [0.2, 0.25) is 9.84 Å². The van der Waals surface area contributed by atoms with Crippen LogP contribution in [0.1, 0.15) is 5.56 Å². The highest BCUT2D eigenvalue weighted by molar-refractivity contribution is 9.10. The van der Waals surface area contributed by atoms with Crippen LogP contribution in [0.5, 0.6) is 0 Å². The Kier molecular flexibility index (Phi) is 2.68. The van der Waals surface area contributed by atoms with Crippen LogP contribution >= 0.6 is 15.9 Å². The normalized spacial score (nSPS) is 17.3. The van der Waals surface area contributed by atoms with E-state index in [-0.39, 0.29) is 11.5 Å². The lowest BCUT2D eigenvalue weighted by molar-refractivity contribution is 0.173. The zero-order chi connectivity index (χ0) is 11.1. The fraction of sp³-hybridized carbons (Fsp3) is 0.111. The first-order chi connectivity index (χ1) is 7.06. The van der Waals surface area contributed by atoms with Crippen LogP contribution in [0.3, 0.4) is 0 Å². The SMILES string of the molecule is NOCC1=CS(=O)(=O)c2c(Br)cccc21. The van der Waals surface area contributed by atoms with Crippen LogP contribution < -0.4 is 5.90 Å². The Morgan fingerprint density at radius 1 is 1.40 bits per heavy atom. The number of hydrogen-bond donors (Lipinski definition) is 1. The van der Waals surface area contributed by atoms with Crippen molar-refractivity contribution in [1.29, 1.82) is 0 Å². The number of nitrogens with two attached hydrogens (primary N) is 1. The molecule has 15 heavy (non-hydrogen) atoms. The molecule has 6 heteroatoms. The van der Waals surface area contributed by atoms with Crippen molar-refractivity contribution >= 4 is 31.3 Å². The highest BCUT2D eigenvalue weighted by atomic mass is 79.9. The molecule has 0 radical (unpaired) electrons. The highest BCUT2D eigenvalue weighted by Gasteiger charge is 2.28. The molecule has 0 saturated carbocycles. The molecule has 0 saturated heterocycles. The van der Waals surface area contributed by atoms with Gasteiger partial charge < -0.3 is 0 Å². The van der Waals surface area contributed by atoms with E-state index < -0.39 is 9.84 Å². The third kappa shape index (κ3) is 1.74. The van der Waals surface area contributed by atoms with E-state index >= 15 is 0 Å². The van der Waals surface area contributed by atoms with Crippen molar-refractivity contribution in [2.24, 2.45) is 5.90 Å². The van der Waals surface area contributed by atoms with Crippen molar-refractivity contribution in [1.82, 2.24) is 0 Å². The number of hydrogen-bond acceptors (Lipinski definition) is 4. The molecular weight excluding hydrogens is 282 g/mol. The van der Waals surface area contributed by atoms with E-state index in [1.54, 1.807) is 18.2 Å². The predicted octanol–water partition coefficient (Wildman–Crippen LogP) is 1.47. The van der Waals surface area contributed by atoms with Crippen LogP contribution in [0.15, 0.2) is 33.0 Å². The maximum atomic E-state index is 11.8. The molecule has 2 N–H and O–H groups in total. The minimum atomic E-state index is -3.35. The first kappa shape index (κ1) is 10.8. The van der Waals surface area contributed by atoms with Gasteiger partial charge in [0.15, 0.2) is 0 Å². The molecule has 1 heterocycles. The Bertz CT molecular complexity index is 536. The van der Waals surface area contributed by atoms with Gasteiger partial charge in [-0.3, -0.25) is 4.84 Å². The largest absolute Gasteiger partial charge is 0.300 e. The molecule has 1 aliphatic heterocycles. The summed E-state index contributed by atoms with van der Waals surface area (Å²) < 4.78 is 24.1. The standard InChI is InChI=1S/C9H8BrNO3S/c10-8-3-1-2-7-6(4-14-11)5-15(12,13)9(7)8/h1-3,5H,4,11H2. The Balaban J connectivity index is 2.68. The summed E-state index contributed by atoms with van der Waals surface area (Å²) >= 11 is 3.22. The third-order valence-electron chi connectivity index (χ3n) is 2.13. The topological polar surface area (TPSA) is 69.4 Å². The number of benzene rings is 1. The molecule has 0 aliphatic carbocycles. The van der Waals surface area contributed by atoms with E-state index in [0.717, 1.165) is 0 Å². The Morgan fingerprint density at radius 3 is 2.80 bits per heavy atom. The maximum Gasteiger partial charge on any atom is 0.201 e. The second-order valence-electron chi connectivity index (χ2n) is 3.12. The predicted molar refractivity (Wildman–Crippen MR) is 59.4 cm³/mol. The Hall–Kier alpha value is -0.690. The second-order valence-corrected chi connectivity index (χ2v) is 5.70. The van der Waals surface area contributed by atoms with E-state index in [0.29, 0.717) is 15.6 Å². The summed E-state index contributed by atoms with van der Waals surface area (Å²) in [5.41, 5.74) is 1.23. The van der Waals surface area contributed by atoms with Crippen LogP contribution in [0.25, 0.3) is 5.57 Å². The fourth-order valence-electron chi connectivity index (χ4n) is 1.56. The molecule has 0 fully saturated rings. The molecule has 0 atom stereocenters. The molecule has 1 aromatic carbocycles. The summed E-state index contributed by atoms with van der Waals surface area (Å²) in [7, 11) is -3.35. The zero-order valence-corrected chi connectivity index (χ0v) is 10.0. The van der Waals surface area contributed by atoms with E-state index in [2.05, 4.69) is 20.8 Å². The minimum Gasteiger partial charge on any atom is -0.300 e. The van der Waals surface area contributed by atoms with E-state index in [1.807, 2.05) is 0 Å². The first-order valence-corrected chi connectivity index (χ1v) is 6.46. The van der Waals surface area contributed by atoms with Gasteiger partial charge in [-0.2, -0.15) is 0 Å². The van der Waals surface area contributed by atoms with Crippen LogP contribution in [0.4, 0.5) is 0 Å². The molecule has 1 aliphatic rings. The average molecular weight is 290 g/mol. The molecule has 1 aromatic rings. The minimum absolute atomic E-state index is 0.0860. The van der Waals surface area contributed by atoms with Crippen molar-refractivity contribution in [3.63, 3.8) is 0 Å². The van der Waals surface area contributed by atoms with Gasteiger partial charge in [-0.05, 0) is 27.6 Å². The van der Waals surface area contributed by atoms with Gasteiger partial charge in [-0.15, -0.1) is 0 Å². The summed E-state index contributed by atoms with van der Waals surface area (Å²) in [6.07, 6.45) is 0. The molecule has 0 aromatic heterocycles. The maximum absolute atomic E-state index is 11.8.